The Morgan fingerprint density at radius 3 is 2.73 bits per heavy atom. The van der Waals surface area contributed by atoms with Crippen LogP contribution in [0.3, 0.4) is 0 Å². The molecule has 1 aliphatic rings. The highest BCUT2D eigenvalue weighted by atomic mass is 16.7. The summed E-state index contributed by atoms with van der Waals surface area (Å²) in [5, 5.41) is 0. The van der Waals surface area contributed by atoms with Gasteiger partial charge in [0.2, 0.25) is 0 Å². The summed E-state index contributed by atoms with van der Waals surface area (Å²) in [4.78, 5) is 11.2. The Morgan fingerprint density at radius 2 is 2.14 bits per heavy atom. The lowest BCUT2D eigenvalue weighted by atomic mass is 10.1. The van der Waals surface area contributed by atoms with E-state index < -0.39 is 5.79 Å². The summed E-state index contributed by atoms with van der Waals surface area (Å²) < 4.78 is 22.7. The normalized spacial score (nSPS) is 19.9. The van der Waals surface area contributed by atoms with Crippen molar-refractivity contribution in [1.82, 2.24) is 0 Å². The second kappa shape index (κ2) is 7.11. The summed E-state index contributed by atoms with van der Waals surface area (Å²) in [6, 6.07) is 3.52. The van der Waals surface area contributed by atoms with Gasteiger partial charge in [0.25, 0.3) is 0 Å². The number of aldehydes is 1. The van der Waals surface area contributed by atoms with Gasteiger partial charge >= 0.3 is 0 Å². The van der Waals surface area contributed by atoms with E-state index in [0.717, 1.165) is 24.0 Å². The average Bonchev–Trinajstić information content (AvgIpc) is 2.83. The van der Waals surface area contributed by atoms with Crippen molar-refractivity contribution in [3.05, 3.63) is 23.3 Å². The Kier molecular flexibility index (Phi) is 5.42. The van der Waals surface area contributed by atoms with Gasteiger partial charge in [-0.05, 0) is 39.3 Å². The molecular weight excluding hydrogens is 284 g/mol. The maximum absolute atomic E-state index is 11.2. The minimum absolute atomic E-state index is 0.144. The van der Waals surface area contributed by atoms with E-state index in [1.807, 2.05) is 27.7 Å². The number of ether oxygens (including phenoxy) is 4. The van der Waals surface area contributed by atoms with Crippen LogP contribution in [-0.2, 0) is 9.47 Å². The first-order valence-electron chi connectivity index (χ1n) is 7.63. The Morgan fingerprint density at radius 1 is 1.36 bits per heavy atom. The predicted molar refractivity (Wildman–Crippen MR) is 82.8 cm³/mol. The molecule has 1 fully saturated rings. The van der Waals surface area contributed by atoms with Crippen LogP contribution < -0.4 is 9.47 Å². The second-order valence-corrected chi connectivity index (χ2v) is 5.84. The fraction of sp³-hybridized carbons (Fsp3) is 0.588. The summed E-state index contributed by atoms with van der Waals surface area (Å²) in [5.41, 5.74) is 1.34. The highest BCUT2D eigenvalue weighted by Gasteiger charge is 2.33. The van der Waals surface area contributed by atoms with E-state index in [-0.39, 0.29) is 6.10 Å². The van der Waals surface area contributed by atoms with Crippen molar-refractivity contribution in [1.29, 1.82) is 0 Å². The molecule has 1 atom stereocenters. The maximum Gasteiger partial charge on any atom is 0.163 e. The van der Waals surface area contributed by atoms with Crippen LogP contribution in [0, 0.1) is 6.92 Å². The first kappa shape index (κ1) is 16.8. The van der Waals surface area contributed by atoms with Gasteiger partial charge in [0, 0.05) is 5.56 Å². The van der Waals surface area contributed by atoms with Crippen LogP contribution in [0.2, 0.25) is 0 Å². The molecule has 5 nitrogen and oxygen atoms in total. The minimum atomic E-state index is -0.581. The van der Waals surface area contributed by atoms with Crippen LogP contribution in [0.1, 0.15) is 43.1 Å². The molecule has 0 aliphatic carbocycles. The van der Waals surface area contributed by atoms with E-state index in [0.29, 0.717) is 31.1 Å². The first-order chi connectivity index (χ1) is 10.5. The molecule has 1 unspecified atom stereocenters. The number of hydrogen-bond donors (Lipinski definition) is 0. The molecule has 1 saturated heterocycles. The first-order valence-corrected chi connectivity index (χ1v) is 7.63. The van der Waals surface area contributed by atoms with Crippen molar-refractivity contribution < 1.29 is 23.7 Å². The molecule has 0 aromatic heterocycles. The third-order valence-electron chi connectivity index (χ3n) is 3.46. The fourth-order valence-electron chi connectivity index (χ4n) is 2.37. The monoisotopic (exact) mass is 308 g/mol. The molecule has 0 saturated carbocycles. The van der Waals surface area contributed by atoms with Gasteiger partial charge in [-0.25, -0.2) is 0 Å². The van der Waals surface area contributed by atoms with E-state index in [2.05, 4.69) is 0 Å². The van der Waals surface area contributed by atoms with Crippen LogP contribution in [0.15, 0.2) is 12.1 Å². The number of rotatable bonds is 7. The smallest absolute Gasteiger partial charge is 0.163 e. The molecule has 22 heavy (non-hydrogen) atoms. The standard InChI is InChI=1S/C17H24O5/c1-5-8-19-15-7-6-13(9-18)16(12(15)2)20-10-14-11-21-17(3,4)22-14/h6-7,9,14H,5,8,10-11H2,1-4H3. The molecule has 1 aromatic rings. The van der Waals surface area contributed by atoms with E-state index in [1.54, 1.807) is 12.1 Å². The molecule has 0 spiro atoms. The lowest BCUT2D eigenvalue weighted by Crippen LogP contribution is -2.25. The van der Waals surface area contributed by atoms with Crippen LogP contribution in [0.4, 0.5) is 0 Å². The maximum atomic E-state index is 11.2. The summed E-state index contributed by atoms with van der Waals surface area (Å²) in [5.74, 6) is 0.714. The number of benzene rings is 1. The van der Waals surface area contributed by atoms with E-state index in [1.165, 1.54) is 0 Å². The number of carbonyl (C=O) groups is 1. The van der Waals surface area contributed by atoms with Crippen molar-refractivity contribution in [2.45, 2.75) is 46.0 Å². The Bertz CT molecular complexity index is 524. The molecule has 122 valence electrons. The molecule has 2 rings (SSSR count). The van der Waals surface area contributed by atoms with Gasteiger partial charge in [0.1, 0.15) is 24.2 Å². The highest BCUT2D eigenvalue weighted by Crippen LogP contribution is 2.32. The molecule has 1 heterocycles. The molecule has 0 N–H and O–H groups in total. The molecule has 0 radical (unpaired) electrons. The van der Waals surface area contributed by atoms with E-state index >= 15 is 0 Å². The lowest BCUT2D eigenvalue weighted by Gasteiger charge is -2.19. The zero-order valence-corrected chi connectivity index (χ0v) is 13.7. The molecule has 1 aliphatic heterocycles. The van der Waals surface area contributed by atoms with Gasteiger partial charge in [-0.2, -0.15) is 0 Å². The molecular formula is C17H24O5. The third kappa shape index (κ3) is 3.99. The number of carbonyl (C=O) groups excluding carboxylic acids is 1. The van der Waals surface area contributed by atoms with Crippen molar-refractivity contribution in [2.24, 2.45) is 0 Å². The predicted octanol–water partition coefficient (Wildman–Crippen LogP) is 3.13. The fourth-order valence-corrected chi connectivity index (χ4v) is 2.37. The van der Waals surface area contributed by atoms with Crippen LogP contribution in [0.5, 0.6) is 11.5 Å². The van der Waals surface area contributed by atoms with E-state index in [4.69, 9.17) is 18.9 Å². The van der Waals surface area contributed by atoms with Gasteiger partial charge in [0.15, 0.2) is 12.1 Å². The summed E-state index contributed by atoms with van der Waals surface area (Å²) >= 11 is 0. The van der Waals surface area contributed by atoms with Gasteiger partial charge in [-0.1, -0.05) is 6.92 Å². The van der Waals surface area contributed by atoms with Gasteiger partial charge in [-0.3, -0.25) is 4.79 Å². The Hall–Kier alpha value is -1.59. The largest absolute Gasteiger partial charge is 0.493 e. The highest BCUT2D eigenvalue weighted by molar-refractivity contribution is 5.81. The molecule has 1 aromatic carbocycles. The van der Waals surface area contributed by atoms with Crippen LogP contribution in [0.25, 0.3) is 0 Å². The third-order valence-corrected chi connectivity index (χ3v) is 3.46. The average molecular weight is 308 g/mol. The van der Waals surface area contributed by atoms with Crippen LogP contribution in [-0.4, -0.2) is 38.0 Å². The molecule has 0 amide bonds. The lowest BCUT2D eigenvalue weighted by molar-refractivity contribution is -0.141. The second-order valence-electron chi connectivity index (χ2n) is 5.84. The Labute approximate surface area is 131 Å². The van der Waals surface area contributed by atoms with Gasteiger partial charge in [-0.15, -0.1) is 0 Å². The zero-order valence-electron chi connectivity index (χ0n) is 13.7. The van der Waals surface area contributed by atoms with Crippen molar-refractivity contribution in [2.75, 3.05) is 19.8 Å². The quantitative estimate of drug-likeness (QED) is 0.724. The van der Waals surface area contributed by atoms with Crippen LogP contribution >= 0.6 is 0 Å². The minimum Gasteiger partial charge on any atom is -0.493 e. The summed E-state index contributed by atoms with van der Waals surface area (Å²) in [6.07, 6.45) is 1.57. The van der Waals surface area contributed by atoms with E-state index in [9.17, 15) is 4.79 Å². The van der Waals surface area contributed by atoms with Gasteiger partial charge in [0.05, 0.1) is 18.8 Å². The zero-order chi connectivity index (χ0) is 16.2. The summed E-state index contributed by atoms with van der Waals surface area (Å²) in [6.45, 7) is 9.13. The SMILES string of the molecule is CCCOc1ccc(C=O)c(OCC2COC(C)(C)O2)c1C. The molecule has 5 heteroatoms. The van der Waals surface area contributed by atoms with Gasteiger partial charge < -0.3 is 18.9 Å². The number of hydrogen-bond acceptors (Lipinski definition) is 5. The van der Waals surface area contributed by atoms with Crippen molar-refractivity contribution >= 4 is 6.29 Å². The van der Waals surface area contributed by atoms with Crippen molar-refractivity contribution in [3.63, 3.8) is 0 Å². The van der Waals surface area contributed by atoms with Crippen molar-refractivity contribution in [3.8, 4) is 11.5 Å². The Balaban J connectivity index is 2.09. The summed E-state index contributed by atoms with van der Waals surface area (Å²) in [7, 11) is 0. The molecule has 0 bridgehead atoms. The topological polar surface area (TPSA) is 54.0 Å².